The van der Waals surface area contributed by atoms with Crippen LogP contribution in [-0.4, -0.2) is 14.2 Å². The van der Waals surface area contributed by atoms with Gasteiger partial charge in [-0.05, 0) is 49.7 Å². The van der Waals surface area contributed by atoms with E-state index < -0.39 is 0 Å². The Kier molecular flexibility index (Phi) is 3.70. The molecule has 1 aromatic carbocycles. The average Bonchev–Trinajstić information content (AvgIpc) is 2.82. The first-order valence-electron chi connectivity index (χ1n) is 5.25. The maximum absolute atomic E-state index is 5.36. The quantitative estimate of drug-likeness (QED) is 0.768. The summed E-state index contributed by atoms with van der Waals surface area (Å²) in [7, 11) is 3.34. The van der Waals surface area contributed by atoms with Crippen LogP contribution in [0, 0.1) is 31.6 Å². The molecule has 0 aromatic heterocycles. The van der Waals surface area contributed by atoms with Gasteiger partial charge in [0.25, 0.3) is 0 Å². The summed E-state index contributed by atoms with van der Waals surface area (Å²) in [5, 5.41) is 0. The van der Waals surface area contributed by atoms with Crippen molar-refractivity contribution in [1.82, 2.24) is 0 Å². The van der Waals surface area contributed by atoms with Gasteiger partial charge in [0.2, 0.25) is 0 Å². The summed E-state index contributed by atoms with van der Waals surface area (Å²) >= 11 is 0. The lowest BCUT2D eigenvalue weighted by molar-refractivity contribution is 0.391. The number of benzene rings is 1. The summed E-state index contributed by atoms with van der Waals surface area (Å²) in [5.74, 6) is 2.99. The van der Waals surface area contributed by atoms with Crippen LogP contribution < -0.4 is 9.47 Å². The fraction of sp³-hybridized carbons (Fsp3) is 0.214. The molecule has 0 amide bonds. The van der Waals surface area contributed by atoms with Crippen LogP contribution in [0.1, 0.15) is 5.56 Å². The summed E-state index contributed by atoms with van der Waals surface area (Å²) in [6.07, 6.45) is 9.21. The Labute approximate surface area is 97.6 Å². The van der Waals surface area contributed by atoms with Crippen molar-refractivity contribution in [3.8, 4) is 11.5 Å². The molecule has 0 atom stereocenters. The molecule has 1 saturated carbocycles. The van der Waals surface area contributed by atoms with E-state index in [-0.39, 0.29) is 0 Å². The zero-order valence-electron chi connectivity index (χ0n) is 9.57. The lowest BCUT2D eigenvalue weighted by Gasteiger charge is -2.13. The highest BCUT2D eigenvalue weighted by atomic mass is 16.5. The Morgan fingerprint density at radius 1 is 1.00 bits per heavy atom. The summed E-state index contributed by atoms with van der Waals surface area (Å²) in [6, 6.07) is 5.92. The lowest BCUT2D eigenvalue weighted by Crippen LogP contribution is -2.00. The molecule has 1 fully saturated rings. The van der Waals surface area contributed by atoms with Crippen LogP contribution in [-0.2, 0) is 6.42 Å². The first kappa shape index (κ1) is 11.3. The zero-order valence-corrected chi connectivity index (χ0v) is 9.57. The zero-order chi connectivity index (χ0) is 11.4. The molecule has 5 radical (unpaired) electrons. The molecule has 1 aliphatic carbocycles. The second kappa shape index (κ2) is 5.24. The number of rotatable bonds is 4. The smallest absolute Gasteiger partial charge is 0.125 e. The topological polar surface area (TPSA) is 18.5 Å². The predicted molar refractivity (Wildman–Crippen MR) is 63.7 cm³/mol. The minimum atomic E-state index is 0.822. The van der Waals surface area contributed by atoms with E-state index in [1.165, 1.54) is 11.5 Å². The highest BCUT2D eigenvalue weighted by Gasteiger charge is 2.19. The average molecular weight is 215 g/mol. The third-order valence-electron chi connectivity index (χ3n) is 2.62. The second-order valence-corrected chi connectivity index (χ2v) is 3.65. The van der Waals surface area contributed by atoms with Gasteiger partial charge in [0.15, 0.2) is 0 Å². The summed E-state index contributed by atoms with van der Waals surface area (Å²) in [6.45, 7) is 0. The SMILES string of the molecule is COc1ccc(C[C]2[CH][CH][CH][CH]2)c(OC)c1. The minimum Gasteiger partial charge on any atom is -0.497 e. The van der Waals surface area contributed by atoms with Crippen LogP contribution in [0.5, 0.6) is 11.5 Å². The van der Waals surface area contributed by atoms with E-state index in [0.717, 1.165) is 17.9 Å². The maximum atomic E-state index is 5.36. The highest BCUT2D eigenvalue weighted by Crippen LogP contribution is 2.32. The van der Waals surface area contributed by atoms with Gasteiger partial charge in [-0.15, -0.1) is 0 Å². The molecular formula is C14H15O2. The van der Waals surface area contributed by atoms with Crippen molar-refractivity contribution in [3.63, 3.8) is 0 Å². The number of hydrogen-bond acceptors (Lipinski definition) is 2. The van der Waals surface area contributed by atoms with Crippen LogP contribution in [0.4, 0.5) is 0 Å². The highest BCUT2D eigenvalue weighted by molar-refractivity contribution is 5.46. The van der Waals surface area contributed by atoms with Crippen LogP contribution in [0.25, 0.3) is 0 Å². The fourth-order valence-corrected chi connectivity index (χ4v) is 1.75. The van der Waals surface area contributed by atoms with Crippen molar-refractivity contribution in [2.45, 2.75) is 6.42 Å². The van der Waals surface area contributed by atoms with Gasteiger partial charge in [0.1, 0.15) is 11.5 Å². The number of ether oxygens (including phenoxy) is 2. The van der Waals surface area contributed by atoms with Crippen molar-refractivity contribution in [2.24, 2.45) is 0 Å². The Hall–Kier alpha value is -1.18. The third-order valence-corrected chi connectivity index (χ3v) is 2.62. The molecule has 0 bridgehead atoms. The number of methoxy groups -OCH3 is 2. The monoisotopic (exact) mass is 215 g/mol. The Balaban J connectivity index is 2.12. The van der Waals surface area contributed by atoms with E-state index in [9.17, 15) is 0 Å². The summed E-state index contributed by atoms with van der Waals surface area (Å²) in [4.78, 5) is 0. The first-order chi connectivity index (χ1) is 7.83. The van der Waals surface area contributed by atoms with Gasteiger partial charge in [0, 0.05) is 6.07 Å². The van der Waals surface area contributed by atoms with E-state index in [4.69, 9.17) is 9.47 Å². The normalized spacial score (nSPS) is 16.4. The van der Waals surface area contributed by atoms with Crippen LogP contribution >= 0.6 is 0 Å². The van der Waals surface area contributed by atoms with E-state index in [0.29, 0.717) is 0 Å². The number of hydrogen-bond donors (Lipinski definition) is 0. The van der Waals surface area contributed by atoms with Gasteiger partial charge < -0.3 is 9.47 Å². The van der Waals surface area contributed by atoms with Crippen molar-refractivity contribution in [3.05, 3.63) is 55.4 Å². The molecule has 0 N–H and O–H groups in total. The predicted octanol–water partition coefficient (Wildman–Crippen LogP) is 2.65. The van der Waals surface area contributed by atoms with E-state index >= 15 is 0 Å². The molecule has 2 heteroatoms. The minimum absolute atomic E-state index is 0.822. The van der Waals surface area contributed by atoms with Gasteiger partial charge in [-0.1, -0.05) is 6.07 Å². The molecule has 2 rings (SSSR count). The molecule has 1 aliphatic rings. The molecule has 0 heterocycles. The van der Waals surface area contributed by atoms with Gasteiger partial charge in [-0.25, -0.2) is 0 Å². The molecule has 83 valence electrons. The Morgan fingerprint density at radius 2 is 1.75 bits per heavy atom. The van der Waals surface area contributed by atoms with E-state index in [2.05, 4.69) is 12.8 Å². The molecule has 0 unspecified atom stereocenters. The van der Waals surface area contributed by atoms with Crippen LogP contribution in [0.2, 0.25) is 0 Å². The molecule has 1 aromatic rings. The standard InChI is InChI=1S/C14H15O2/c1-15-13-8-7-12(14(10-13)16-2)9-11-5-3-4-6-11/h3-8,10H,9H2,1-2H3. The molecular weight excluding hydrogens is 200 g/mol. The first-order valence-corrected chi connectivity index (χ1v) is 5.25. The molecule has 0 aliphatic heterocycles. The van der Waals surface area contributed by atoms with E-state index in [1.54, 1.807) is 14.2 Å². The largest absolute Gasteiger partial charge is 0.497 e. The Morgan fingerprint density at radius 3 is 2.38 bits per heavy atom. The van der Waals surface area contributed by atoms with Crippen molar-refractivity contribution >= 4 is 0 Å². The Bertz CT molecular complexity index is 341. The fourth-order valence-electron chi connectivity index (χ4n) is 1.75. The molecule has 0 saturated heterocycles. The van der Waals surface area contributed by atoms with Crippen molar-refractivity contribution < 1.29 is 9.47 Å². The van der Waals surface area contributed by atoms with Crippen molar-refractivity contribution in [2.75, 3.05) is 14.2 Å². The summed E-state index contributed by atoms with van der Waals surface area (Å²) < 4.78 is 10.5. The van der Waals surface area contributed by atoms with Gasteiger partial charge in [0.05, 0.1) is 14.2 Å². The lowest BCUT2D eigenvalue weighted by atomic mass is 9.97. The van der Waals surface area contributed by atoms with E-state index in [1.807, 2.05) is 31.0 Å². The van der Waals surface area contributed by atoms with Gasteiger partial charge >= 0.3 is 0 Å². The van der Waals surface area contributed by atoms with Crippen LogP contribution in [0.15, 0.2) is 18.2 Å². The van der Waals surface area contributed by atoms with Crippen molar-refractivity contribution in [1.29, 1.82) is 0 Å². The molecule has 0 spiro atoms. The summed E-state index contributed by atoms with van der Waals surface area (Å²) in [5.41, 5.74) is 1.18. The van der Waals surface area contributed by atoms with Gasteiger partial charge in [-0.2, -0.15) is 0 Å². The maximum Gasteiger partial charge on any atom is 0.125 e. The third kappa shape index (κ3) is 2.49. The van der Waals surface area contributed by atoms with Crippen LogP contribution in [0.3, 0.4) is 0 Å². The van der Waals surface area contributed by atoms with Gasteiger partial charge in [-0.3, -0.25) is 0 Å². The molecule has 2 nitrogen and oxygen atoms in total. The molecule has 16 heavy (non-hydrogen) atoms. The second-order valence-electron chi connectivity index (χ2n) is 3.65.